The zero-order valence-corrected chi connectivity index (χ0v) is 17.4. The first-order chi connectivity index (χ1) is 14.9. The normalized spacial score (nSPS) is 34.2. The summed E-state index contributed by atoms with van der Waals surface area (Å²) in [6.45, 7) is 5.24. The first-order valence-corrected chi connectivity index (χ1v) is 11.0. The summed E-state index contributed by atoms with van der Waals surface area (Å²) in [5.74, 6) is -1.56. The fraction of sp³-hybridized carbons (Fsp3) is 0.423. The van der Waals surface area contributed by atoms with Crippen molar-refractivity contribution in [3.63, 3.8) is 0 Å². The minimum absolute atomic E-state index is 0.0291. The summed E-state index contributed by atoms with van der Waals surface area (Å²) in [5.41, 5.74) is 2.82. The molecule has 6 rings (SSSR count). The Labute approximate surface area is 180 Å². The highest BCUT2D eigenvalue weighted by Crippen LogP contribution is 2.59. The highest BCUT2D eigenvalue weighted by atomic mass is 16.6. The van der Waals surface area contributed by atoms with E-state index in [-0.39, 0.29) is 35.4 Å². The van der Waals surface area contributed by atoms with Crippen molar-refractivity contribution in [2.75, 3.05) is 0 Å². The molecule has 5 heteroatoms. The third-order valence-corrected chi connectivity index (χ3v) is 7.89. The van der Waals surface area contributed by atoms with E-state index in [0.29, 0.717) is 18.4 Å². The van der Waals surface area contributed by atoms with Gasteiger partial charge in [-0.3, -0.25) is 9.59 Å². The number of hydrogen-bond acceptors (Lipinski definition) is 5. The van der Waals surface area contributed by atoms with E-state index in [9.17, 15) is 14.4 Å². The second-order valence-corrected chi connectivity index (χ2v) is 9.60. The van der Waals surface area contributed by atoms with Gasteiger partial charge in [-0.25, -0.2) is 4.79 Å². The Kier molecular flexibility index (Phi) is 3.95. The van der Waals surface area contributed by atoms with Crippen LogP contribution in [0, 0.1) is 23.7 Å². The molecule has 0 radical (unpaired) electrons. The Morgan fingerprint density at radius 1 is 1.16 bits per heavy atom. The van der Waals surface area contributed by atoms with E-state index < -0.39 is 24.1 Å². The minimum Gasteiger partial charge on any atom is -0.458 e. The van der Waals surface area contributed by atoms with Crippen LogP contribution in [0.5, 0.6) is 0 Å². The third kappa shape index (κ3) is 2.58. The molecule has 4 aliphatic rings. The largest absolute Gasteiger partial charge is 0.458 e. The summed E-state index contributed by atoms with van der Waals surface area (Å²) in [4.78, 5) is 38.4. The molecule has 0 amide bonds. The van der Waals surface area contributed by atoms with E-state index in [1.165, 1.54) is 21.9 Å². The molecule has 0 aromatic heterocycles. The minimum atomic E-state index is -0.546. The van der Waals surface area contributed by atoms with Gasteiger partial charge in [0.25, 0.3) is 0 Å². The summed E-state index contributed by atoms with van der Waals surface area (Å²) in [5, 5.41) is 2.48. The van der Waals surface area contributed by atoms with Crippen LogP contribution in [0.3, 0.4) is 0 Å². The Morgan fingerprint density at radius 3 is 2.71 bits per heavy atom. The number of ketones is 1. The molecular weight excluding hydrogens is 392 g/mol. The van der Waals surface area contributed by atoms with Gasteiger partial charge >= 0.3 is 11.9 Å². The number of rotatable bonds is 5. The average molecular weight is 416 g/mol. The van der Waals surface area contributed by atoms with Crippen LogP contribution in [-0.4, -0.2) is 29.9 Å². The van der Waals surface area contributed by atoms with Gasteiger partial charge < -0.3 is 9.47 Å². The molecule has 2 bridgehead atoms. The molecule has 1 aliphatic heterocycles. The van der Waals surface area contributed by atoms with Gasteiger partial charge in [0.05, 0.1) is 5.92 Å². The molecule has 2 aromatic carbocycles. The van der Waals surface area contributed by atoms with Crippen molar-refractivity contribution < 1.29 is 23.9 Å². The predicted molar refractivity (Wildman–Crippen MR) is 113 cm³/mol. The van der Waals surface area contributed by atoms with Gasteiger partial charge in [-0.1, -0.05) is 43.0 Å². The van der Waals surface area contributed by atoms with Crippen LogP contribution in [0.4, 0.5) is 0 Å². The number of fused-ring (bicyclic) bond motifs is 1. The molecule has 0 spiro atoms. The van der Waals surface area contributed by atoms with E-state index in [0.717, 1.165) is 6.42 Å². The van der Waals surface area contributed by atoms with Gasteiger partial charge in [-0.15, -0.1) is 0 Å². The lowest BCUT2D eigenvalue weighted by molar-refractivity contribution is -0.159. The van der Waals surface area contributed by atoms with Crippen molar-refractivity contribution in [1.82, 2.24) is 0 Å². The van der Waals surface area contributed by atoms with Crippen molar-refractivity contribution in [3.05, 3.63) is 59.7 Å². The molecule has 1 saturated heterocycles. The maximum absolute atomic E-state index is 13.6. The number of hydrogen-bond donors (Lipinski definition) is 0. The summed E-state index contributed by atoms with van der Waals surface area (Å²) in [6.07, 6.45) is 0.979. The van der Waals surface area contributed by atoms with E-state index in [1.54, 1.807) is 6.92 Å². The lowest BCUT2D eigenvalue weighted by Gasteiger charge is -2.31. The summed E-state index contributed by atoms with van der Waals surface area (Å²) < 4.78 is 11.2. The number of benzene rings is 2. The van der Waals surface area contributed by atoms with E-state index in [2.05, 4.69) is 36.9 Å². The van der Waals surface area contributed by atoms with Crippen LogP contribution < -0.4 is 0 Å². The molecule has 31 heavy (non-hydrogen) atoms. The van der Waals surface area contributed by atoms with E-state index >= 15 is 0 Å². The molecule has 0 N–H and O–H groups in total. The van der Waals surface area contributed by atoms with Crippen LogP contribution in [0.15, 0.2) is 48.6 Å². The molecule has 3 aliphatic carbocycles. The molecule has 7 unspecified atom stereocenters. The molecule has 3 fully saturated rings. The molecule has 2 saturated carbocycles. The van der Waals surface area contributed by atoms with Gasteiger partial charge in [0, 0.05) is 29.7 Å². The maximum atomic E-state index is 13.6. The second-order valence-electron chi connectivity index (χ2n) is 9.60. The summed E-state index contributed by atoms with van der Waals surface area (Å²) in [6, 6.07) is 12.6. The number of Topliss-reactive ketones (excluding diaryl/α,β-unsaturated/α-hetero) is 1. The van der Waals surface area contributed by atoms with Crippen LogP contribution in [-0.2, 0) is 30.3 Å². The lowest BCUT2D eigenvalue weighted by Crippen LogP contribution is -2.43. The van der Waals surface area contributed by atoms with Crippen molar-refractivity contribution in [2.45, 2.75) is 44.3 Å². The van der Waals surface area contributed by atoms with E-state index in [1.807, 2.05) is 6.07 Å². The average Bonchev–Trinajstić information content (AvgIpc) is 3.45. The number of esters is 2. The zero-order valence-electron chi connectivity index (χ0n) is 17.4. The first kappa shape index (κ1) is 18.8. The first-order valence-electron chi connectivity index (χ1n) is 11.0. The Balaban J connectivity index is 1.27. The van der Waals surface area contributed by atoms with Gasteiger partial charge in [-0.05, 0) is 47.6 Å². The highest BCUT2D eigenvalue weighted by molar-refractivity contribution is 5.94. The summed E-state index contributed by atoms with van der Waals surface area (Å²) in [7, 11) is 0. The third-order valence-electron chi connectivity index (χ3n) is 7.89. The molecule has 5 nitrogen and oxygen atoms in total. The van der Waals surface area contributed by atoms with Gasteiger partial charge in [0.15, 0.2) is 0 Å². The standard InChI is InChI=1S/C26H24O5/c1-12(2)25(28)30-23-17-11-18-22(26(29)31-24(18)23)21(17)19(27)10-15-9-14-7-3-5-13-6-4-8-16(15)20(13)14/h3-8,15,17-18,21-24H,1,9-11H2,2H3. The predicted octanol–water partition coefficient (Wildman–Crippen LogP) is 3.73. The van der Waals surface area contributed by atoms with Gasteiger partial charge in [0.1, 0.15) is 18.0 Å². The van der Waals surface area contributed by atoms with Crippen molar-refractivity contribution in [3.8, 4) is 0 Å². The Bertz CT molecular complexity index is 1160. The van der Waals surface area contributed by atoms with E-state index in [4.69, 9.17) is 9.47 Å². The van der Waals surface area contributed by atoms with Gasteiger partial charge in [0.2, 0.25) is 0 Å². The molecule has 7 atom stereocenters. The fourth-order valence-electron chi connectivity index (χ4n) is 6.71. The maximum Gasteiger partial charge on any atom is 0.333 e. The summed E-state index contributed by atoms with van der Waals surface area (Å²) >= 11 is 0. The number of ether oxygens (including phenoxy) is 2. The topological polar surface area (TPSA) is 69.7 Å². The van der Waals surface area contributed by atoms with Crippen molar-refractivity contribution in [2.24, 2.45) is 23.7 Å². The molecule has 158 valence electrons. The Morgan fingerprint density at radius 2 is 1.94 bits per heavy atom. The molecular formula is C26H24O5. The molecule has 1 heterocycles. The van der Waals surface area contributed by atoms with Crippen molar-refractivity contribution >= 4 is 28.5 Å². The lowest BCUT2D eigenvalue weighted by atomic mass is 9.74. The zero-order chi connectivity index (χ0) is 21.4. The number of carbonyl (C=O) groups is 3. The van der Waals surface area contributed by atoms with Crippen LogP contribution in [0.1, 0.15) is 36.8 Å². The van der Waals surface area contributed by atoms with Crippen LogP contribution in [0.25, 0.3) is 10.8 Å². The van der Waals surface area contributed by atoms with Crippen molar-refractivity contribution in [1.29, 1.82) is 0 Å². The smallest absolute Gasteiger partial charge is 0.333 e. The second kappa shape index (κ2) is 6.52. The van der Waals surface area contributed by atoms with Crippen LogP contribution in [0.2, 0.25) is 0 Å². The Hall–Kier alpha value is -2.95. The quantitative estimate of drug-likeness (QED) is 0.549. The fourth-order valence-corrected chi connectivity index (χ4v) is 6.71. The van der Waals surface area contributed by atoms with Crippen LogP contribution >= 0.6 is 0 Å². The van der Waals surface area contributed by atoms with Gasteiger partial charge in [-0.2, -0.15) is 0 Å². The SMILES string of the molecule is C=C(C)C(=O)OC1C2CC3C1OC(=O)C3C2C(=O)CC1Cc2cccc3cccc1c23. The number of carbonyl (C=O) groups excluding carboxylic acids is 3. The molecule has 2 aromatic rings. The monoisotopic (exact) mass is 416 g/mol. The highest BCUT2D eigenvalue weighted by Gasteiger charge is 2.69.